The molecule has 0 aromatic heterocycles. The Bertz CT molecular complexity index is 2770. The van der Waals surface area contributed by atoms with E-state index in [0.29, 0.717) is 0 Å². The number of hydrogen-bond acceptors (Lipinski definition) is 2. The van der Waals surface area contributed by atoms with Crippen molar-refractivity contribution in [3.05, 3.63) is 200 Å². The average molecular weight is 1030 g/mol. The molecule has 408 valence electrons. The Morgan fingerprint density at radius 2 is 0.597 bits per heavy atom. The first-order valence-electron chi connectivity index (χ1n) is 30.0. The highest BCUT2D eigenvalue weighted by atomic mass is 15.2. The molecule has 2 nitrogen and oxygen atoms in total. The second-order valence-electron chi connectivity index (χ2n) is 25.5. The molecule has 0 unspecified atom stereocenters. The number of benzene rings is 7. The first-order chi connectivity index (χ1) is 36.7. The van der Waals surface area contributed by atoms with Gasteiger partial charge in [-0.2, -0.15) is 0 Å². The lowest BCUT2D eigenvalue weighted by atomic mass is 9.70. The Hall–Kier alpha value is -5.86. The fourth-order valence-corrected chi connectivity index (χ4v) is 12.2. The molecule has 0 heterocycles. The van der Waals surface area contributed by atoms with Gasteiger partial charge in [-0.1, -0.05) is 240 Å². The largest absolute Gasteiger partial charge is 0.310 e. The second kappa shape index (κ2) is 25.7. The zero-order chi connectivity index (χ0) is 55.7. The van der Waals surface area contributed by atoms with Crippen molar-refractivity contribution in [2.45, 2.75) is 217 Å². The Kier molecular flexibility index (Phi) is 19.7. The maximum Gasteiger partial charge on any atom is 0.0520 e. The summed E-state index contributed by atoms with van der Waals surface area (Å²) in [5.41, 5.74) is 27.0. The van der Waals surface area contributed by atoms with Crippen LogP contribution in [0.2, 0.25) is 0 Å². The average Bonchev–Trinajstić information content (AvgIpc) is 3.73. The standard InChI is InChI=1S/C44H52N2.C31H46/c1-29-13-17-37(18-14-29)45(41-31(3)25-35(26-32(41)4)43(7,8)9)39-21-23-40(24-22-39)46(38-19-15-30(2)16-20-38)42-33(5)27-36(28-34(42)6)44(10,11)12;1-5-7-9-11-13-15-21-31(22-16-14-12-10-8-6-2)29-23-25(3)17-19-27(29)28-20-18-26(4)24-30(28)31/h13-28H,1-12H3;17-20,23-24H,5-16,21-22H2,1-4H3. The lowest BCUT2D eigenvalue weighted by Crippen LogP contribution is -2.25. The van der Waals surface area contributed by atoms with Crippen molar-refractivity contribution in [1.29, 1.82) is 0 Å². The first-order valence-corrected chi connectivity index (χ1v) is 30.0. The summed E-state index contributed by atoms with van der Waals surface area (Å²) in [6, 6.07) is 50.8. The molecule has 1 aliphatic carbocycles. The van der Waals surface area contributed by atoms with Crippen molar-refractivity contribution in [3.63, 3.8) is 0 Å². The fourth-order valence-electron chi connectivity index (χ4n) is 12.2. The molecule has 0 aliphatic heterocycles. The van der Waals surface area contributed by atoms with E-state index in [-0.39, 0.29) is 16.2 Å². The number of hydrogen-bond donors (Lipinski definition) is 0. The van der Waals surface area contributed by atoms with Crippen molar-refractivity contribution in [2.24, 2.45) is 0 Å². The highest BCUT2D eigenvalue weighted by Crippen LogP contribution is 2.55. The monoisotopic (exact) mass is 1030 g/mol. The lowest BCUT2D eigenvalue weighted by Gasteiger charge is -2.33. The van der Waals surface area contributed by atoms with Gasteiger partial charge in [0.1, 0.15) is 0 Å². The van der Waals surface area contributed by atoms with Crippen LogP contribution < -0.4 is 9.80 Å². The summed E-state index contributed by atoms with van der Waals surface area (Å²) in [6.45, 7) is 36.2. The van der Waals surface area contributed by atoms with Gasteiger partial charge in [0.2, 0.25) is 0 Å². The van der Waals surface area contributed by atoms with E-state index in [2.05, 4.69) is 254 Å². The molecule has 7 aromatic carbocycles. The maximum absolute atomic E-state index is 2.53. The van der Waals surface area contributed by atoms with Gasteiger partial charge in [-0.05, 0) is 183 Å². The minimum absolute atomic E-state index is 0.0885. The molecule has 0 N–H and O–H groups in total. The van der Waals surface area contributed by atoms with Crippen LogP contribution in [0.1, 0.15) is 212 Å². The van der Waals surface area contributed by atoms with Crippen LogP contribution in [-0.4, -0.2) is 0 Å². The van der Waals surface area contributed by atoms with E-state index in [4.69, 9.17) is 0 Å². The Labute approximate surface area is 469 Å². The molecule has 0 atom stereocenters. The molecule has 0 radical (unpaired) electrons. The van der Waals surface area contributed by atoms with Gasteiger partial charge in [-0.25, -0.2) is 0 Å². The van der Waals surface area contributed by atoms with Crippen molar-refractivity contribution in [1.82, 2.24) is 0 Å². The molecule has 7 aromatic rings. The third-order valence-corrected chi connectivity index (χ3v) is 16.7. The molecule has 8 rings (SSSR count). The van der Waals surface area contributed by atoms with Crippen LogP contribution in [-0.2, 0) is 16.2 Å². The van der Waals surface area contributed by atoms with E-state index in [9.17, 15) is 0 Å². The van der Waals surface area contributed by atoms with Gasteiger partial charge >= 0.3 is 0 Å². The zero-order valence-corrected chi connectivity index (χ0v) is 51.0. The van der Waals surface area contributed by atoms with Crippen molar-refractivity contribution < 1.29 is 0 Å². The summed E-state index contributed by atoms with van der Waals surface area (Å²) in [4.78, 5) is 4.84. The van der Waals surface area contributed by atoms with Gasteiger partial charge in [0.25, 0.3) is 0 Å². The zero-order valence-electron chi connectivity index (χ0n) is 51.0. The van der Waals surface area contributed by atoms with Gasteiger partial charge < -0.3 is 9.80 Å². The van der Waals surface area contributed by atoms with Crippen LogP contribution >= 0.6 is 0 Å². The predicted octanol–water partition coefficient (Wildman–Crippen LogP) is 23.1. The number of fused-ring (bicyclic) bond motifs is 3. The summed E-state index contributed by atoms with van der Waals surface area (Å²) in [5.74, 6) is 0. The predicted molar refractivity (Wildman–Crippen MR) is 340 cm³/mol. The number of rotatable bonds is 20. The number of anilines is 6. The van der Waals surface area contributed by atoms with Crippen LogP contribution in [0.15, 0.2) is 133 Å². The Morgan fingerprint density at radius 3 is 0.896 bits per heavy atom. The molecule has 0 fully saturated rings. The van der Waals surface area contributed by atoms with Gasteiger partial charge in [0.15, 0.2) is 0 Å². The molecule has 0 bridgehead atoms. The van der Waals surface area contributed by atoms with Gasteiger partial charge in [0.05, 0.1) is 11.4 Å². The smallest absolute Gasteiger partial charge is 0.0520 e. The summed E-state index contributed by atoms with van der Waals surface area (Å²) in [5, 5.41) is 0. The lowest BCUT2D eigenvalue weighted by molar-refractivity contribution is 0.397. The topological polar surface area (TPSA) is 6.48 Å². The highest BCUT2D eigenvalue weighted by molar-refractivity contribution is 5.85. The molecule has 1 aliphatic rings. The normalized spacial score (nSPS) is 12.7. The van der Waals surface area contributed by atoms with Gasteiger partial charge in [0, 0.05) is 28.2 Å². The van der Waals surface area contributed by atoms with Crippen molar-refractivity contribution >= 4 is 34.1 Å². The quantitative estimate of drug-likeness (QED) is 0.0702. The molecular weight excluding hydrogens is 929 g/mol. The molecule has 0 saturated carbocycles. The molecule has 0 amide bonds. The van der Waals surface area contributed by atoms with E-state index in [1.54, 1.807) is 11.1 Å². The van der Waals surface area contributed by atoms with Crippen LogP contribution in [0.3, 0.4) is 0 Å². The van der Waals surface area contributed by atoms with Gasteiger partial charge in [-0.15, -0.1) is 0 Å². The minimum Gasteiger partial charge on any atom is -0.310 e. The highest BCUT2D eigenvalue weighted by Gasteiger charge is 2.42. The number of aryl methyl sites for hydroxylation is 8. The number of nitrogens with zero attached hydrogens (tertiary/aromatic N) is 2. The second-order valence-corrected chi connectivity index (χ2v) is 25.5. The molecule has 77 heavy (non-hydrogen) atoms. The molecule has 0 saturated heterocycles. The minimum atomic E-state index is 0.0885. The molecule has 2 heteroatoms. The summed E-state index contributed by atoms with van der Waals surface area (Å²) in [6.07, 6.45) is 19.2. The first kappa shape index (κ1) is 58.8. The Balaban J connectivity index is 0.000000242. The third-order valence-electron chi connectivity index (χ3n) is 16.7. The van der Waals surface area contributed by atoms with E-state index in [1.807, 2.05) is 0 Å². The third kappa shape index (κ3) is 14.1. The van der Waals surface area contributed by atoms with Crippen molar-refractivity contribution in [3.8, 4) is 11.1 Å². The van der Waals surface area contributed by atoms with Crippen LogP contribution in [0.25, 0.3) is 11.1 Å². The van der Waals surface area contributed by atoms with Crippen LogP contribution in [0.4, 0.5) is 34.1 Å². The SMILES string of the molecule is CCCCCCCCC1(CCCCCCCC)c2cc(C)ccc2-c2ccc(C)cc21.Cc1ccc(N(c2ccc(N(c3ccc(C)cc3)c3c(C)cc(C(C)(C)C)cc3C)cc2)c2c(C)cc(C(C)(C)C)cc2C)cc1. The van der Waals surface area contributed by atoms with E-state index in [0.717, 1.165) is 22.7 Å². The molecular formula is C75H98N2. The van der Waals surface area contributed by atoms with Crippen LogP contribution in [0.5, 0.6) is 0 Å². The Morgan fingerprint density at radius 1 is 0.325 bits per heavy atom. The van der Waals surface area contributed by atoms with Gasteiger partial charge in [-0.3, -0.25) is 0 Å². The van der Waals surface area contributed by atoms with Crippen molar-refractivity contribution in [2.75, 3.05) is 9.80 Å². The summed E-state index contributed by atoms with van der Waals surface area (Å²) >= 11 is 0. The summed E-state index contributed by atoms with van der Waals surface area (Å²) < 4.78 is 0. The molecule has 0 spiro atoms. The summed E-state index contributed by atoms with van der Waals surface area (Å²) in [7, 11) is 0. The van der Waals surface area contributed by atoms with E-state index < -0.39 is 0 Å². The maximum atomic E-state index is 2.53. The van der Waals surface area contributed by atoms with Crippen LogP contribution in [0, 0.1) is 55.4 Å². The number of unbranched alkanes of at least 4 members (excludes halogenated alkanes) is 10. The van der Waals surface area contributed by atoms with E-state index >= 15 is 0 Å². The fraction of sp³-hybridized carbons (Fsp3) is 0.440. The van der Waals surface area contributed by atoms with E-state index in [1.165, 1.54) is 168 Å².